The third-order valence-electron chi connectivity index (χ3n) is 6.11. The molecular formula is C24H24N4O5S. The Morgan fingerprint density at radius 2 is 2.03 bits per heavy atom. The van der Waals surface area contributed by atoms with Crippen LogP contribution in [0.2, 0.25) is 0 Å². The van der Waals surface area contributed by atoms with Gasteiger partial charge >= 0.3 is 5.97 Å². The molecule has 4 aromatic rings. The van der Waals surface area contributed by atoms with E-state index in [-0.39, 0.29) is 24.1 Å². The third kappa shape index (κ3) is 4.21. The molecule has 1 aliphatic carbocycles. The number of para-hydroxylation sites is 1. The fraction of sp³-hybridized carbons (Fsp3) is 0.375. The number of benzene rings is 1. The normalized spacial score (nSPS) is 15.4. The van der Waals surface area contributed by atoms with Gasteiger partial charge in [-0.3, -0.25) is 23.9 Å². The lowest BCUT2D eigenvalue weighted by molar-refractivity contribution is -0.154. The molecule has 0 radical (unpaired) electrons. The minimum atomic E-state index is -1.02. The minimum absolute atomic E-state index is 0.0378. The maximum absolute atomic E-state index is 13.3. The standard InChI is InChI=1S/C24H24N4O5S/c1-15(22(30)28(24-25-11-12-34-24)16-7-3-2-4-8-16)32-19(29)13-27-14-26-20-17-9-5-6-10-18(17)33-21(20)23(27)31/h5-6,9-12,14-16H,2-4,7-8,13H2,1H3. The number of furan rings is 1. The molecule has 34 heavy (non-hydrogen) atoms. The summed E-state index contributed by atoms with van der Waals surface area (Å²) in [5.74, 6) is -1.02. The van der Waals surface area contributed by atoms with Gasteiger partial charge in [-0.2, -0.15) is 0 Å². The Labute approximate surface area is 199 Å². The Balaban J connectivity index is 1.32. The van der Waals surface area contributed by atoms with Gasteiger partial charge in [0.2, 0.25) is 5.58 Å². The number of amides is 1. The van der Waals surface area contributed by atoms with Crippen molar-refractivity contribution in [3.8, 4) is 0 Å². The fourth-order valence-corrected chi connectivity index (χ4v) is 5.17. The van der Waals surface area contributed by atoms with E-state index in [1.165, 1.54) is 17.7 Å². The number of carbonyl (C=O) groups excluding carboxylic acids is 2. The van der Waals surface area contributed by atoms with Crippen LogP contribution in [0.25, 0.3) is 22.1 Å². The van der Waals surface area contributed by atoms with Crippen LogP contribution >= 0.6 is 11.3 Å². The predicted octanol–water partition coefficient (Wildman–Crippen LogP) is 3.90. The molecule has 1 fully saturated rings. The van der Waals surface area contributed by atoms with Crippen molar-refractivity contribution < 1.29 is 18.7 Å². The SMILES string of the molecule is CC(OC(=O)Cn1cnc2c(oc3ccccc32)c1=O)C(=O)N(c1nccs1)C1CCCCC1. The van der Waals surface area contributed by atoms with Gasteiger partial charge in [0.15, 0.2) is 11.2 Å². The van der Waals surface area contributed by atoms with Crippen LogP contribution in [0.3, 0.4) is 0 Å². The zero-order chi connectivity index (χ0) is 23.7. The molecule has 0 aliphatic heterocycles. The van der Waals surface area contributed by atoms with E-state index in [9.17, 15) is 14.4 Å². The van der Waals surface area contributed by atoms with Crippen molar-refractivity contribution in [2.75, 3.05) is 4.90 Å². The zero-order valence-corrected chi connectivity index (χ0v) is 19.5. The van der Waals surface area contributed by atoms with E-state index in [4.69, 9.17) is 9.15 Å². The number of esters is 1. The first kappa shape index (κ1) is 22.3. The number of aromatic nitrogens is 3. The molecule has 176 valence electrons. The molecule has 1 aromatic carbocycles. The summed E-state index contributed by atoms with van der Waals surface area (Å²) in [6, 6.07) is 7.25. The number of ether oxygens (including phenoxy) is 1. The second kappa shape index (κ2) is 9.38. The summed E-state index contributed by atoms with van der Waals surface area (Å²) >= 11 is 1.39. The van der Waals surface area contributed by atoms with Crippen molar-refractivity contribution in [2.45, 2.75) is 57.7 Å². The number of carbonyl (C=O) groups is 2. The van der Waals surface area contributed by atoms with Gasteiger partial charge in [-0.25, -0.2) is 9.97 Å². The molecule has 0 spiro atoms. The molecule has 1 aliphatic rings. The highest BCUT2D eigenvalue weighted by Crippen LogP contribution is 2.30. The van der Waals surface area contributed by atoms with Gasteiger partial charge < -0.3 is 9.15 Å². The summed E-state index contributed by atoms with van der Waals surface area (Å²) in [5, 5.41) is 3.16. The average molecular weight is 481 g/mol. The molecule has 1 atom stereocenters. The summed E-state index contributed by atoms with van der Waals surface area (Å²) < 4.78 is 12.2. The first-order valence-corrected chi connectivity index (χ1v) is 12.2. The molecule has 0 N–H and O–H groups in total. The number of anilines is 1. The highest BCUT2D eigenvalue weighted by atomic mass is 32.1. The lowest BCUT2D eigenvalue weighted by Gasteiger charge is -2.33. The van der Waals surface area contributed by atoms with Gasteiger partial charge in [-0.05, 0) is 31.9 Å². The monoisotopic (exact) mass is 480 g/mol. The van der Waals surface area contributed by atoms with Crippen molar-refractivity contribution >= 4 is 50.4 Å². The van der Waals surface area contributed by atoms with E-state index in [0.29, 0.717) is 16.2 Å². The van der Waals surface area contributed by atoms with Crippen LogP contribution in [0.4, 0.5) is 5.13 Å². The van der Waals surface area contributed by atoms with E-state index in [1.54, 1.807) is 30.2 Å². The highest BCUT2D eigenvalue weighted by Gasteiger charge is 2.33. The average Bonchev–Trinajstić information content (AvgIpc) is 3.50. The minimum Gasteiger partial charge on any atom is -0.451 e. The first-order valence-electron chi connectivity index (χ1n) is 11.3. The number of hydrogen-bond acceptors (Lipinski definition) is 8. The summed E-state index contributed by atoms with van der Waals surface area (Å²) in [6.07, 6.45) is 6.98. The van der Waals surface area contributed by atoms with Crippen LogP contribution in [-0.2, 0) is 20.9 Å². The van der Waals surface area contributed by atoms with E-state index in [1.807, 2.05) is 17.5 Å². The van der Waals surface area contributed by atoms with Crippen molar-refractivity contribution in [2.24, 2.45) is 0 Å². The largest absolute Gasteiger partial charge is 0.451 e. The molecule has 10 heteroatoms. The van der Waals surface area contributed by atoms with E-state index >= 15 is 0 Å². The summed E-state index contributed by atoms with van der Waals surface area (Å²) in [6.45, 7) is 1.17. The van der Waals surface area contributed by atoms with Crippen molar-refractivity contribution in [3.63, 3.8) is 0 Å². The molecule has 1 unspecified atom stereocenters. The van der Waals surface area contributed by atoms with Gasteiger partial charge in [0.25, 0.3) is 11.5 Å². The molecule has 5 rings (SSSR count). The molecule has 3 aromatic heterocycles. The van der Waals surface area contributed by atoms with Crippen molar-refractivity contribution in [3.05, 3.63) is 52.5 Å². The molecule has 3 heterocycles. The summed E-state index contributed by atoms with van der Waals surface area (Å²) in [7, 11) is 0. The van der Waals surface area contributed by atoms with Crippen LogP contribution in [0.15, 0.2) is 51.4 Å². The van der Waals surface area contributed by atoms with E-state index in [0.717, 1.165) is 42.1 Å². The van der Waals surface area contributed by atoms with Gasteiger partial charge in [0.05, 0.1) is 6.33 Å². The van der Waals surface area contributed by atoms with Crippen LogP contribution in [0.5, 0.6) is 0 Å². The number of thiazole rings is 1. The number of hydrogen-bond donors (Lipinski definition) is 0. The molecule has 1 amide bonds. The Morgan fingerprint density at radius 1 is 1.24 bits per heavy atom. The van der Waals surface area contributed by atoms with Gasteiger partial charge in [-0.1, -0.05) is 31.4 Å². The Hall–Kier alpha value is -3.53. The Bertz CT molecular complexity index is 1390. The lowest BCUT2D eigenvalue weighted by Crippen LogP contribution is -2.47. The van der Waals surface area contributed by atoms with Gasteiger partial charge in [0, 0.05) is 23.0 Å². The Morgan fingerprint density at radius 3 is 2.79 bits per heavy atom. The second-order valence-corrected chi connectivity index (χ2v) is 9.27. The van der Waals surface area contributed by atoms with E-state index < -0.39 is 17.6 Å². The van der Waals surface area contributed by atoms with Crippen LogP contribution in [0, 0.1) is 0 Å². The molecule has 0 bridgehead atoms. The zero-order valence-electron chi connectivity index (χ0n) is 18.7. The van der Waals surface area contributed by atoms with Gasteiger partial charge in [-0.15, -0.1) is 11.3 Å². The van der Waals surface area contributed by atoms with Crippen molar-refractivity contribution in [1.29, 1.82) is 0 Å². The quantitative estimate of drug-likeness (QED) is 0.385. The number of nitrogens with zero attached hydrogens (tertiary/aromatic N) is 4. The molecular weight excluding hydrogens is 456 g/mol. The maximum atomic E-state index is 13.3. The molecule has 1 saturated carbocycles. The van der Waals surface area contributed by atoms with Gasteiger partial charge in [0.1, 0.15) is 17.6 Å². The summed E-state index contributed by atoms with van der Waals surface area (Å²) in [4.78, 5) is 49.1. The Kier molecular flexibility index (Phi) is 6.14. The van der Waals surface area contributed by atoms with Crippen LogP contribution in [0.1, 0.15) is 39.0 Å². The maximum Gasteiger partial charge on any atom is 0.326 e. The molecule has 9 nitrogen and oxygen atoms in total. The first-order chi connectivity index (χ1) is 16.5. The number of rotatable bonds is 6. The van der Waals surface area contributed by atoms with Crippen LogP contribution in [-0.4, -0.2) is 38.6 Å². The van der Waals surface area contributed by atoms with Crippen LogP contribution < -0.4 is 10.5 Å². The van der Waals surface area contributed by atoms with E-state index in [2.05, 4.69) is 9.97 Å². The molecule has 0 saturated heterocycles. The highest BCUT2D eigenvalue weighted by molar-refractivity contribution is 7.13. The van der Waals surface area contributed by atoms with Crippen molar-refractivity contribution in [1.82, 2.24) is 14.5 Å². The number of fused-ring (bicyclic) bond motifs is 3. The lowest BCUT2D eigenvalue weighted by atomic mass is 9.94. The smallest absolute Gasteiger partial charge is 0.326 e. The topological polar surface area (TPSA) is 108 Å². The second-order valence-electron chi connectivity index (χ2n) is 8.40. The fourth-order valence-electron chi connectivity index (χ4n) is 4.45. The predicted molar refractivity (Wildman–Crippen MR) is 128 cm³/mol. The third-order valence-corrected chi connectivity index (χ3v) is 6.88. The summed E-state index contributed by atoms with van der Waals surface area (Å²) in [5.41, 5.74) is 0.587.